The van der Waals surface area contributed by atoms with Gasteiger partial charge in [-0.15, -0.1) is 0 Å². The van der Waals surface area contributed by atoms with Crippen molar-refractivity contribution in [3.63, 3.8) is 0 Å². The van der Waals surface area contributed by atoms with Crippen LogP contribution in [0, 0.1) is 23.0 Å². The third-order valence-corrected chi connectivity index (χ3v) is 6.98. The van der Waals surface area contributed by atoms with E-state index in [1.165, 1.54) is 5.56 Å². The fourth-order valence-corrected chi connectivity index (χ4v) is 5.15. The Hall–Kier alpha value is -4.07. The molecule has 0 unspecified atom stereocenters. The minimum absolute atomic E-state index is 0.0486. The summed E-state index contributed by atoms with van der Waals surface area (Å²) in [5.74, 6) is 0.192. The van der Waals surface area contributed by atoms with Crippen molar-refractivity contribution in [3.05, 3.63) is 88.0 Å². The number of nitro benzene ring substituents is 1. The van der Waals surface area contributed by atoms with Gasteiger partial charge in [0.05, 0.1) is 24.0 Å². The highest BCUT2D eigenvalue weighted by molar-refractivity contribution is 5.94. The first-order valence-electron chi connectivity index (χ1n) is 11.7. The number of methoxy groups -OCH3 is 1. The summed E-state index contributed by atoms with van der Waals surface area (Å²) >= 11 is 0. The second-order valence-electron chi connectivity index (χ2n) is 9.14. The number of non-ortho nitro benzene ring substituents is 1. The lowest BCUT2D eigenvalue weighted by atomic mass is 9.83. The molecule has 0 saturated carbocycles. The van der Waals surface area contributed by atoms with E-state index < -0.39 is 0 Å². The van der Waals surface area contributed by atoms with Gasteiger partial charge in [-0.05, 0) is 49.2 Å². The van der Waals surface area contributed by atoms with Gasteiger partial charge in [-0.3, -0.25) is 14.9 Å². The van der Waals surface area contributed by atoms with Crippen molar-refractivity contribution in [2.75, 3.05) is 41.9 Å². The minimum Gasteiger partial charge on any atom is -0.497 e. The quantitative estimate of drug-likeness (QED) is 0.437. The average molecular weight is 473 g/mol. The van der Waals surface area contributed by atoms with Crippen LogP contribution >= 0.6 is 0 Å². The number of aryl methyl sites for hydroxylation is 1. The van der Waals surface area contributed by atoms with Crippen molar-refractivity contribution >= 4 is 28.7 Å². The molecule has 3 aromatic rings. The summed E-state index contributed by atoms with van der Waals surface area (Å²) in [5, 5.41) is 14.5. The fourth-order valence-electron chi connectivity index (χ4n) is 5.15. The number of piperazine rings is 1. The molecule has 2 aliphatic rings. The average Bonchev–Trinajstić information content (AvgIpc) is 2.88. The zero-order chi connectivity index (χ0) is 24.5. The van der Waals surface area contributed by atoms with Crippen molar-refractivity contribution in [3.8, 4) is 5.75 Å². The van der Waals surface area contributed by atoms with Crippen LogP contribution in [-0.4, -0.2) is 43.6 Å². The molecule has 5 rings (SSSR count). The van der Waals surface area contributed by atoms with E-state index >= 15 is 0 Å². The summed E-state index contributed by atoms with van der Waals surface area (Å²) in [7, 11) is 1.59. The Balaban J connectivity index is 1.47. The normalized spacial score (nSPS) is 18.9. The Morgan fingerprint density at radius 1 is 1.09 bits per heavy atom. The van der Waals surface area contributed by atoms with Gasteiger partial charge in [0, 0.05) is 54.9 Å². The monoisotopic (exact) mass is 472 g/mol. The number of nitrogens with zero attached hydrogens (tertiary/aromatic N) is 3. The molecule has 2 aliphatic heterocycles. The van der Waals surface area contributed by atoms with Gasteiger partial charge in [0.1, 0.15) is 5.75 Å². The smallest absolute Gasteiger partial charge is 0.269 e. The van der Waals surface area contributed by atoms with Crippen LogP contribution in [0.3, 0.4) is 0 Å². The second kappa shape index (κ2) is 9.29. The van der Waals surface area contributed by atoms with Crippen LogP contribution < -0.4 is 19.9 Å². The zero-order valence-corrected chi connectivity index (χ0v) is 19.8. The van der Waals surface area contributed by atoms with Gasteiger partial charge >= 0.3 is 0 Å². The highest BCUT2D eigenvalue weighted by Crippen LogP contribution is 2.39. The maximum absolute atomic E-state index is 13.6. The molecule has 0 radical (unpaired) electrons. The number of carbonyl (C=O) groups is 1. The Morgan fingerprint density at radius 2 is 1.89 bits per heavy atom. The number of ether oxygens (including phenoxy) is 1. The third kappa shape index (κ3) is 4.51. The van der Waals surface area contributed by atoms with Crippen LogP contribution in [0.4, 0.5) is 22.7 Å². The number of carbonyl (C=O) groups excluding carboxylic acids is 1. The summed E-state index contributed by atoms with van der Waals surface area (Å²) < 4.78 is 5.29. The Labute approximate surface area is 204 Å². The zero-order valence-electron chi connectivity index (χ0n) is 19.8. The van der Waals surface area contributed by atoms with Crippen LogP contribution in [-0.2, 0) is 11.2 Å². The highest BCUT2D eigenvalue weighted by Gasteiger charge is 2.42. The van der Waals surface area contributed by atoms with E-state index in [0.717, 1.165) is 30.0 Å². The molecule has 35 heavy (non-hydrogen) atoms. The first-order valence-corrected chi connectivity index (χ1v) is 11.7. The van der Waals surface area contributed by atoms with Crippen LogP contribution in [0.1, 0.15) is 11.1 Å². The molecule has 0 spiro atoms. The number of nitrogens with one attached hydrogen (secondary N) is 1. The fraction of sp³-hybridized carbons (Fsp3) is 0.296. The van der Waals surface area contributed by atoms with Gasteiger partial charge in [-0.2, -0.15) is 0 Å². The van der Waals surface area contributed by atoms with Gasteiger partial charge in [0.15, 0.2) is 0 Å². The number of nitro groups is 1. The van der Waals surface area contributed by atoms with E-state index in [9.17, 15) is 14.9 Å². The van der Waals surface area contributed by atoms with E-state index in [4.69, 9.17) is 4.74 Å². The summed E-state index contributed by atoms with van der Waals surface area (Å²) in [5.41, 5.74) is 4.87. The van der Waals surface area contributed by atoms with Gasteiger partial charge < -0.3 is 19.9 Å². The molecule has 1 amide bonds. The van der Waals surface area contributed by atoms with Gasteiger partial charge in [0.25, 0.3) is 5.69 Å². The lowest BCUT2D eigenvalue weighted by molar-refractivity contribution is -0.384. The molecule has 180 valence electrons. The van der Waals surface area contributed by atoms with Crippen molar-refractivity contribution in [1.82, 2.24) is 0 Å². The molecule has 1 fully saturated rings. The third-order valence-electron chi connectivity index (χ3n) is 6.98. The largest absolute Gasteiger partial charge is 0.497 e. The lowest BCUT2D eigenvalue weighted by Crippen LogP contribution is -2.60. The number of hydrogen-bond donors (Lipinski definition) is 1. The molecular formula is C27H28N4O4. The predicted octanol–water partition coefficient (Wildman–Crippen LogP) is 4.42. The molecule has 0 aliphatic carbocycles. The van der Waals surface area contributed by atoms with E-state index in [0.29, 0.717) is 24.4 Å². The van der Waals surface area contributed by atoms with Crippen molar-refractivity contribution in [1.29, 1.82) is 0 Å². The topological polar surface area (TPSA) is 87.9 Å². The highest BCUT2D eigenvalue weighted by atomic mass is 16.6. The van der Waals surface area contributed by atoms with E-state index in [1.54, 1.807) is 25.3 Å². The van der Waals surface area contributed by atoms with Crippen molar-refractivity contribution in [2.24, 2.45) is 5.92 Å². The molecule has 8 heteroatoms. The van der Waals surface area contributed by atoms with Crippen LogP contribution in [0.15, 0.2) is 66.7 Å². The molecule has 1 N–H and O–H groups in total. The summed E-state index contributed by atoms with van der Waals surface area (Å²) in [6.45, 7) is 4.29. The standard InChI is InChI=1S/C27H28N4O4/c1-18-6-8-21(9-7-18)29-12-13-30-25-11-10-22(31(33)34)14-19(25)15-24(26(30)17-29)27(32)28-20-4-3-5-23(16-20)35-2/h3-11,14,16,24,26H,12-13,15,17H2,1-2H3,(H,28,32)/t24-,26+/m1/s1. The number of fused-ring (bicyclic) bond motifs is 3. The Morgan fingerprint density at radius 3 is 2.63 bits per heavy atom. The molecule has 0 bridgehead atoms. The summed E-state index contributed by atoms with van der Waals surface area (Å²) in [6, 6.07) is 20.7. The number of anilines is 3. The second-order valence-corrected chi connectivity index (χ2v) is 9.14. The number of rotatable bonds is 5. The molecule has 2 heterocycles. The molecule has 0 aromatic heterocycles. The van der Waals surface area contributed by atoms with Gasteiger partial charge in [0.2, 0.25) is 5.91 Å². The maximum Gasteiger partial charge on any atom is 0.269 e. The molecule has 8 nitrogen and oxygen atoms in total. The molecule has 2 atom stereocenters. The summed E-state index contributed by atoms with van der Waals surface area (Å²) in [4.78, 5) is 29.2. The van der Waals surface area contributed by atoms with E-state index in [-0.39, 0.29) is 28.5 Å². The molecule has 1 saturated heterocycles. The summed E-state index contributed by atoms with van der Waals surface area (Å²) in [6.07, 6.45) is 0.440. The number of amides is 1. The lowest BCUT2D eigenvalue weighted by Gasteiger charge is -2.49. The maximum atomic E-state index is 13.6. The molecular weight excluding hydrogens is 444 g/mol. The van der Waals surface area contributed by atoms with Crippen molar-refractivity contribution < 1.29 is 14.5 Å². The first kappa shape index (κ1) is 22.7. The van der Waals surface area contributed by atoms with Crippen LogP contribution in [0.2, 0.25) is 0 Å². The van der Waals surface area contributed by atoms with E-state index in [1.807, 2.05) is 24.3 Å². The van der Waals surface area contributed by atoms with E-state index in [2.05, 4.69) is 46.3 Å². The first-order chi connectivity index (χ1) is 16.9. The predicted molar refractivity (Wildman–Crippen MR) is 136 cm³/mol. The number of hydrogen-bond acceptors (Lipinski definition) is 6. The minimum atomic E-state index is -0.382. The molecule has 3 aromatic carbocycles. The number of benzene rings is 3. The van der Waals surface area contributed by atoms with Crippen molar-refractivity contribution in [2.45, 2.75) is 19.4 Å². The Kier molecular flexibility index (Phi) is 6.03. The van der Waals surface area contributed by atoms with Crippen LogP contribution in [0.25, 0.3) is 0 Å². The Bertz CT molecular complexity index is 1260. The van der Waals surface area contributed by atoms with Crippen LogP contribution in [0.5, 0.6) is 5.75 Å². The van der Waals surface area contributed by atoms with Gasteiger partial charge in [-0.1, -0.05) is 23.8 Å². The van der Waals surface area contributed by atoms with Gasteiger partial charge in [-0.25, -0.2) is 0 Å². The SMILES string of the molecule is COc1cccc(NC(=O)[C@@H]2Cc3cc([N+](=O)[O-])ccc3N3CCN(c4ccc(C)cc4)C[C@@H]23)c1.